The van der Waals surface area contributed by atoms with Crippen molar-refractivity contribution in [2.24, 2.45) is 5.92 Å². The van der Waals surface area contributed by atoms with Crippen LogP contribution in [0.15, 0.2) is 65.3 Å². The lowest BCUT2D eigenvalue weighted by Gasteiger charge is -2.46. The molecular weight excluding hydrogens is 438 g/mol. The Morgan fingerprint density at radius 2 is 1.77 bits per heavy atom. The van der Waals surface area contributed by atoms with Crippen LogP contribution in [0.3, 0.4) is 0 Å². The molecule has 6 nitrogen and oxygen atoms in total. The number of carbonyl (C=O) groups excluding carboxylic acids is 2. The molecule has 35 heavy (non-hydrogen) atoms. The van der Waals surface area contributed by atoms with Gasteiger partial charge in [-0.2, -0.15) is 0 Å². The molecule has 1 aromatic carbocycles. The first-order valence-electron chi connectivity index (χ1n) is 12.8. The fourth-order valence-corrected chi connectivity index (χ4v) is 5.60. The number of hydrogen-bond donors (Lipinski definition) is 1. The van der Waals surface area contributed by atoms with Gasteiger partial charge in [0.1, 0.15) is 17.0 Å². The van der Waals surface area contributed by atoms with Crippen LogP contribution in [0, 0.1) is 5.92 Å². The number of nitrogens with one attached hydrogen (secondary N) is 1. The van der Waals surface area contributed by atoms with E-state index in [2.05, 4.69) is 31.3 Å². The number of amides is 2. The van der Waals surface area contributed by atoms with Crippen LogP contribution in [0.4, 0.5) is 0 Å². The Kier molecular flexibility index (Phi) is 6.30. The molecule has 0 bridgehead atoms. The van der Waals surface area contributed by atoms with Gasteiger partial charge >= 0.3 is 0 Å². The van der Waals surface area contributed by atoms with Gasteiger partial charge in [-0.1, -0.05) is 44.2 Å². The highest BCUT2D eigenvalue weighted by Gasteiger charge is 2.48. The van der Waals surface area contributed by atoms with Crippen LogP contribution in [0.2, 0.25) is 0 Å². The maximum Gasteiger partial charge on any atom is 0.271 e. The minimum absolute atomic E-state index is 0.0737. The lowest BCUT2D eigenvalue weighted by molar-refractivity contribution is -0.134. The standard InChI is InChI=1S/C29H35N3O3/c1-20-11-13-23(14-12-20)30-28(34)29(3)19-31-24(26-10-7-17-35-26)15-16-25(31)27(33)32(29)18-21(2)22-8-5-4-6-9-22/h4-10,15-17,20-21,23H,11-14,18-19H2,1-3H3,(H,30,34)/t20?,21-,23?,29+/m0/s1. The minimum Gasteiger partial charge on any atom is -0.463 e. The summed E-state index contributed by atoms with van der Waals surface area (Å²) in [6.45, 7) is 7.16. The van der Waals surface area contributed by atoms with Gasteiger partial charge in [0.25, 0.3) is 5.91 Å². The molecule has 2 aromatic heterocycles. The molecule has 0 saturated heterocycles. The second-order valence-corrected chi connectivity index (χ2v) is 10.6. The highest BCUT2D eigenvalue weighted by Crippen LogP contribution is 2.35. The smallest absolute Gasteiger partial charge is 0.271 e. The van der Waals surface area contributed by atoms with Gasteiger partial charge in [-0.3, -0.25) is 9.59 Å². The molecule has 1 saturated carbocycles. The fourth-order valence-electron chi connectivity index (χ4n) is 5.60. The van der Waals surface area contributed by atoms with Crippen molar-refractivity contribution in [3.05, 3.63) is 72.1 Å². The maximum absolute atomic E-state index is 13.9. The van der Waals surface area contributed by atoms with Crippen LogP contribution in [-0.2, 0) is 11.3 Å². The van der Waals surface area contributed by atoms with Crippen molar-refractivity contribution >= 4 is 11.8 Å². The molecule has 1 aliphatic heterocycles. The summed E-state index contributed by atoms with van der Waals surface area (Å²) in [6.07, 6.45) is 5.86. The van der Waals surface area contributed by atoms with Crippen molar-refractivity contribution in [2.75, 3.05) is 6.54 Å². The van der Waals surface area contributed by atoms with E-state index in [1.54, 1.807) is 11.2 Å². The molecule has 5 rings (SSSR count). The van der Waals surface area contributed by atoms with E-state index < -0.39 is 5.54 Å². The van der Waals surface area contributed by atoms with Crippen LogP contribution in [0.1, 0.15) is 68.4 Å². The van der Waals surface area contributed by atoms with Crippen molar-refractivity contribution in [3.8, 4) is 11.5 Å². The zero-order chi connectivity index (χ0) is 24.6. The van der Waals surface area contributed by atoms with Crippen LogP contribution in [0.25, 0.3) is 11.5 Å². The molecule has 0 spiro atoms. The van der Waals surface area contributed by atoms with Gasteiger partial charge in [0, 0.05) is 12.6 Å². The Labute approximate surface area is 207 Å². The van der Waals surface area contributed by atoms with Gasteiger partial charge < -0.3 is 19.2 Å². The van der Waals surface area contributed by atoms with E-state index in [1.165, 1.54) is 0 Å². The van der Waals surface area contributed by atoms with Gasteiger partial charge in [-0.05, 0) is 74.3 Å². The summed E-state index contributed by atoms with van der Waals surface area (Å²) < 4.78 is 7.59. The first-order chi connectivity index (χ1) is 16.9. The Morgan fingerprint density at radius 3 is 2.46 bits per heavy atom. The van der Waals surface area contributed by atoms with E-state index in [0.29, 0.717) is 30.5 Å². The lowest BCUT2D eigenvalue weighted by Crippen LogP contribution is -2.65. The number of furan rings is 1. The van der Waals surface area contributed by atoms with Crippen LogP contribution < -0.4 is 5.32 Å². The number of benzene rings is 1. The van der Waals surface area contributed by atoms with Crippen molar-refractivity contribution in [1.29, 1.82) is 0 Å². The molecule has 0 unspecified atom stereocenters. The van der Waals surface area contributed by atoms with Crippen molar-refractivity contribution < 1.29 is 14.0 Å². The number of rotatable bonds is 6. The zero-order valence-electron chi connectivity index (χ0n) is 20.9. The summed E-state index contributed by atoms with van der Waals surface area (Å²) in [5.74, 6) is 1.30. The third-order valence-electron chi connectivity index (χ3n) is 7.95. The SMILES string of the molecule is CC1CCC(NC(=O)[C@@]2(C)Cn3c(ccc3-c3ccco3)C(=O)N2C[C@H](C)c2ccccc2)CC1. The number of fused-ring (bicyclic) bond motifs is 1. The van der Waals surface area contributed by atoms with E-state index in [-0.39, 0.29) is 23.8 Å². The summed E-state index contributed by atoms with van der Waals surface area (Å²) in [5, 5.41) is 3.32. The molecular formula is C29H35N3O3. The minimum atomic E-state index is -1.02. The summed E-state index contributed by atoms with van der Waals surface area (Å²) in [5.41, 5.74) is 1.55. The van der Waals surface area contributed by atoms with Gasteiger partial charge in [-0.15, -0.1) is 0 Å². The Balaban J connectivity index is 1.49. The van der Waals surface area contributed by atoms with E-state index in [0.717, 1.165) is 36.9 Å². The monoisotopic (exact) mass is 473 g/mol. The van der Waals surface area contributed by atoms with Gasteiger partial charge in [-0.25, -0.2) is 0 Å². The molecule has 1 aliphatic carbocycles. The number of nitrogens with zero attached hydrogens (tertiary/aromatic N) is 2. The van der Waals surface area contributed by atoms with Crippen molar-refractivity contribution in [3.63, 3.8) is 0 Å². The summed E-state index contributed by atoms with van der Waals surface area (Å²) >= 11 is 0. The van der Waals surface area contributed by atoms with Gasteiger partial charge in [0.2, 0.25) is 5.91 Å². The van der Waals surface area contributed by atoms with E-state index >= 15 is 0 Å². The molecule has 2 atom stereocenters. The molecule has 1 fully saturated rings. The first kappa shape index (κ1) is 23.5. The molecule has 1 N–H and O–H groups in total. The Morgan fingerprint density at radius 1 is 1.06 bits per heavy atom. The van der Waals surface area contributed by atoms with Crippen LogP contribution in [-0.4, -0.2) is 39.4 Å². The van der Waals surface area contributed by atoms with E-state index in [9.17, 15) is 9.59 Å². The van der Waals surface area contributed by atoms with Gasteiger partial charge in [0.15, 0.2) is 0 Å². The summed E-state index contributed by atoms with van der Waals surface area (Å²) in [4.78, 5) is 29.6. The summed E-state index contributed by atoms with van der Waals surface area (Å²) in [7, 11) is 0. The van der Waals surface area contributed by atoms with E-state index in [4.69, 9.17) is 4.42 Å². The third-order valence-corrected chi connectivity index (χ3v) is 7.95. The van der Waals surface area contributed by atoms with Crippen molar-refractivity contribution in [2.45, 2.75) is 70.5 Å². The summed E-state index contributed by atoms with van der Waals surface area (Å²) in [6, 6.07) is 17.8. The topological polar surface area (TPSA) is 67.5 Å². The first-order valence-corrected chi connectivity index (χ1v) is 12.8. The Bertz CT molecular complexity index is 1180. The van der Waals surface area contributed by atoms with Gasteiger partial charge in [0.05, 0.1) is 18.5 Å². The average Bonchev–Trinajstić information content (AvgIpc) is 3.53. The number of hydrogen-bond acceptors (Lipinski definition) is 3. The molecule has 3 aromatic rings. The highest BCUT2D eigenvalue weighted by molar-refractivity contribution is 6.00. The lowest BCUT2D eigenvalue weighted by atomic mass is 9.86. The molecule has 184 valence electrons. The highest BCUT2D eigenvalue weighted by atomic mass is 16.3. The van der Waals surface area contributed by atoms with Crippen LogP contribution >= 0.6 is 0 Å². The average molecular weight is 474 g/mol. The van der Waals surface area contributed by atoms with Crippen molar-refractivity contribution in [1.82, 2.24) is 14.8 Å². The number of carbonyl (C=O) groups is 2. The second kappa shape index (κ2) is 9.40. The molecule has 6 heteroatoms. The maximum atomic E-state index is 13.9. The molecule has 3 heterocycles. The third kappa shape index (κ3) is 4.42. The quantitative estimate of drug-likeness (QED) is 0.517. The largest absolute Gasteiger partial charge is 0.463 e. The molecule has 2 aliphatic rings. The van der Waals surface area contributed by atoms with E-state index in [1.807, 2.05) is 54.0 Å². The number of aromatic nitrogens is 1. The predicted octanol–water partition coefficient (Wildman–Crippen LogP) is 5.46. The Hall–Kier alpha value is -3.28. The second-order valence-electron chi connectivity index (χ2n) is 10.6. The fraction of sp³-hybridized carbons (Fsp3) is 0.448. The molecule has 2 amide bonds. The van der Waals surface area contributed by atoms with Crippen LogP contribution in [0.5, 0.6) is 0 Å². The molecule has 0 radical (unpaired) electrons. The predicted molar refractivity (Wildman–Crippen MR) is 136 cm³/mol. The normalized spacial score (nSPS) is 25.2. The zero-order valence-corrected chi connectivity index (χ0v) is 20.9.